The predicted molar refractivity (Wildman–Crippen MR) is 128 cm³/mol. The topological polar surface area (TPSA) is 72.0 Å². The summed E-state index contributed by atoms with van der Waals surface area (Å²) in [6.45, 7) is 0.278. The zero-order chi connectivity index (χ0) is 22.2. The normalized spacial score (nSPS) is 10.7. The summed E-state index contributed by atoms with van der Waals surface area (Å²) in [4.78, 5) is 11.9. The second-order valence-electron chi connectivity index (χ2n) is 6.26. The van der Waals surface area contributed by atoms with Crippen LogP contribution in [-0.4, -0.2) is 19.4 Å². The average molecular weight is 523 g/mol. The van der Waals surface area contributed by atoms with Gasteiger partial charge < -0.3 is 14.8 Å². The minimum absolute atomic E-state index is 0.278. The maximum Gasteiger partial charge on any atom is 0.339 e. The van der Waals surface area contributed by atoms with Gasteiger partial charge in [-0.2, -0.15) is 5.10 Å². The number of amides is 2. The number of hydrazone groups is 1. The number of urea groups is 1. The highest BCUT2D eigenvalue weighted by molar-refractivity contribution is 9.10. The van der Waals surface area contributed by atoms with Crippen LogP contribution in [0.1, 0.15) is 11.1 Å². The highest BCUT2D eigenvalue weighted by Crippen LogP contribution is 2.37. The molecule has 6 nitrogen and oxygen atoms in total. The van der Waals surface area contributed by atoms with E-state index in [-0.39, 0.29) is 6.61 Å². The second-order valence-corrected chi connectivity index (χ2v) is 7.93. The van der Waals surface area contributed by atoms with Crippen molar-refractivity contribution in [3.05, 3.63) is 86.3 Å². The lowest BCUT2D eigenvalue weighted by Crippen LogP contribution is -2.24. The number of ether oxygens (including phenoxy) is 2. The third kappa shape index (κ3) is 6.62. The Morgan fingerprint density at radius 1 is 1.10 bits per heavy atom. The number of nitrogens with one attached hydrogen (secondary N) is 2. The molecule has 0 aliphatic carbocycles. The van der Waals surface area contributed by atoms with Crippen LogP contribution < -0.4 is 20.2 Å². The zero-order valence-electron chi connectivity index (χ0n) is 16.4. The number of carbonyl (C=O) groups excluding carboxylic acids is 1. The molecule has 0 bridgehead atoms. The summed E-state index contributed by atoms with van der Waals surface area (Å²) in [5, 5.41) is 7.59. The molecule has 0 saturated carbocycles. The van der Waals surface area contributed by atoms with E-state index in [1.54, 1.807) is 43.5 Å². The molecule has 160 valence electrons. The van der Waals surface area contributed by atoms with E-state index < -0.39 is 6.03 Å². The molecule has 0 aliphatic rings. The Kier molecular flexibility index (Phi) is 8.17. The molecule has 0 radical (unpaired) electrons. The average Bonchev–Trinajstić information content (AvgIpc) is 2.75. The van der Waals surface area contributed by atoms with Gasteiger partial charge in [-0.05, 0) is 63.5 Å². The molecule has 0 aliphatic heterocycles. The number of anilines is 1. The fraction of sp³-hybridized carbons (Fsp3) is 0.0909. The number of halogens is 3. The molecule has 0 atom stereocenters. The molecule has 3 rings (SSSR count). The number of hydrogen-bond donors (Lipinski definition) is 2. The molecular weight excluding hydrogens is 505 g/mol. The van der Waals surface area contributed by atoms with Gasteiger partial charge in [0, 0.05) is 5.69 Å². The van der Waals surface area contributed by atoms with E-state index >= 15 is 0 Å². The van der Waals surface area contributed by atoms with Crippen molar-refractivity contribution in [1.82, 2.24) is 5.43 Å². The summed E-state index contributed by atoms with van der Waals surface area (Å²) in [5.74, 6) is 1.03. The van der Waals surface area contributed by atoms with Crippen molar-refractivity contribution in [2.45, 2.75) is 6.61 Å². The molecule has 0 spiro atoms. The molecule has 0 aromatic heterocycles. The molecule has 0 heterocycles. The van der Waals surface area contributed by atoms with Crippen molar-refractivity contribution in [1.29, 1.82) is 0 Å². The van der Waals surface area contributed by atoms with Crippen molar-refractivity contribution in [2.75, 3.05) is 12.4 Å². The molecule has 0 fully saturated rings. The van der Waals surface area contributed by atoms with Crippen LogP contribution in [0.25, 0.3) is 0 Å². The van der Waals surface area contributed by atoms with Crippen molar-refractivity contribution < 1.29 is 14.3 Å². The molecule has 9 heteroatoms. The van der Waals surface area contributed by atoms with Crippen LogP contribution in [0.4, 0.5) is 10.5 Å². The number of carbonyl (C=O) groups is 1. The van der Waals surface area contributed by atoms with E-state index in [2.05, 4.69) is 31.8 Å². The third-order valence-electron chi connectivity index (χ3n) is 4.03. The Hall–Kier alpha value is -2.74. The van der Waals surface area contributed by atoms with Crippen LogP contribution >= 0.6 is 39.1 Å². The minimum atomic E-state index is -0.449. The summed E-state index contributed by atoms with van der Waals surface area (Å²) in [6, 6.07) is 17.5. The first-order valence-corrected chi connectivity index (χ1v) is 10.6. The quantitative estimate of drug-likeness (QED) is 0.275. The summed E-state index contributed by atoms with van der Waals surface area (Å²) in [6.07, 6.45) is 1.50. The van der Waals surface area contributed by atoms with Gasteiger partial charge in [-0.25, -0.2) is 10.2 Å². The maximum atomic E-state index is 11.9. The number of para-hydroxylation sites is 1. The Bertz CT molecular complexity index is 1090. The van der Waals surface area contributed by atoms with Crippen LogP contribution in [0.5, 0.6) is 11.5 Å². The molecule has 3 aromatic rings. The van der Waals surface area contributed by atoms with Gasteiger partial charge in [0.2, 0.25) is 0 Å². The van der Waals surface area contributed by atoms with Crippen molar-refractivity contribution in [3.63, 3.8) is 0 Å². The summed E-state index contributed by atoms with van der Waals surface area (Å²) >= 11 is 15.5. The van der Waals surface area contributed by atoms with E-state index in [1.165, 1.54) is 6.21 Å². The Labute approximate surface area is 198 Å². The Balaban J connectivity index is 1.64. The van der Waals surface area contributed by atoms with Gasteiger partial charge in [-0.15, -0.1) is 0 Å². The van der Waals surface area contributed by atoms with E-state index in [0.717, 1.165) is 5.56 Å². The standard InChI is InChI=1S/C22H18BrCl2N3O3/c1-30-20-11-15(12-26-28-22(29)27-16-5-3-2-4-6-16)9-17(23)21(20)31-13-14-7-8-18(24)19(25)10-14/h2-12H,13H2,1H3,(H2,27,28,29)/b26-12-. The molecule has 3 aromatic carbocycles. The van der Waals surface area contributed by atoms with Gasteiger partial charge in [0.15, 0.2) is 11.5 Å². The van der Waals surface area contributed by atoms with Gasteiger partial charge >= 0.3 is 6.03 Å². The lowest BCUT2D eigenvalue weighted by atomic mass is 10.2. The molecule has 0 unspecified atom stereocenters. The number of hydrogen-bond acceptors (Lipinski definition) is 4. The first kappa shape index (κ1) is 22.9. The first-order chi connectivity index (χ1) is 15.0. The largest absolute Gasteiger partial charge is 0.493 e. The van der Waals surface area contributed by atoms with Gasteiger partial charge in [-0.3, -0.25) is 0 Å². The second kappa shape index (κ2) is 11.0. The minimum Gasteiger partial charge on any atom is -0.493 e. The third-order valence-corrected chi connectivity index (χ3v) is 5.36. The van der Waals surface area contributed by atoms with Crippen LogP contribution in [0, 0.1) is 0 Å². The fourth-order valence-corrected chi connectivity index (χ4v) is 3.48. The smallest absolute Gasteiger partial charge is 0.339 e. The lowest BCUT2D eigenvalue weighted by Gasteiger charge is -2.14. The SMILES string of the molecule is COc1cc(/C=N\NC(=O)Nc2ccccc2)cc(Br)c1OCc1ccc(Cl)c(Cl)c1. The first-order valence-electron chi connectivity index (χ1n) is 9.05. The van der Waals surface area contributed by atoms with E-state index in [9.17, 15) is 4.79 Å². The van der Waals surface area contributed by atoms with E-state index in [1.807, 2.05) is 24.3 Å². The van der Waals surface area contributed by atoms with Gasteiger partial charge in [0.25, 0.3) is 0 Å². The van der Waals surface area contributed by atoms with Crippen LogP contribution in [0.2, 0.25) is 10.0 Å². The molecular formula is C22H18BrCl2N3O3. The predicted octanol–water partition coefficient (Wildman–Crippen LogP) is 6.50. The Morgan fingerprint density at radius 3 is 2.58 bits per heavy atom. The highest BCUT2D eigenvalue weighted by atomic mass is 79.9. The van der Waals surface area contributed by atoms with E-state index in [4.69, 9.17) is 32.7 Å². The number of nitrogens with zero attached hydrogens (tertiary/aromatic N) is 1. The van der Waals surface area contributed by atoms with Crippen LogP contribution in [0.15, 0.2) is 70.2 Å². The molecule has 2 amide bonds. The summed E-state index contributed by atoms with van der Waals surface area (Å²) in [7, 11) is 1.54. The number of methoxy groups -OCH3 is 1. The highest BCUT2D eigenvalue weighted by Gasteiger charge is 2.12. The van der Waals surface area contributed by atoms with Gasteiger partial charge in [0.1, 0.15) is 6.61 Å². The fourth-order valence-electron chi connectivity index (χ4n) is 2.59. The van der Waals surface area contributed by atoms with E-state index in [0.29, 0.717) is 37.3 Å². The zero-order valence-corrected chi connectivity index (χ0v) is 19.5. The van der Waals surface area contributed by atoms with Crippen molar-refractivity contribution in [2.24, 2.45) is 5.10 Å². The monoisotopic (exact) mass is 521 g/mol. The van der Waals surface area contributed by atoms with Crippen LogP contribution in [0.3, 0.4) is 0 Å². The molecule has 2 N–H and O–H groups in total. The molecule has 31 heavy (non-hydrogen) atoms. The summed E-state index contributed by atoms with van der Waals surface area (Å²) < 4.78 is 12.0. The van der Waals surface area contributed by atoms with Gasteiger partial charge in [-0.1, -0.05) is 47.5 Å². The number of benzene rings is 3. The Morgan fingerprint density at radius 2 is 1.87 bits per heavy atom. The number of rotatable bonds is 7. The lowest BCUT2D eigenvalue weighted by molar-refractivity contribution is 0.252. The summed E-state index contributed by atoms with van der Waals surface area (Å²) in [5.41, 5.74) is 4.65. The van der Waals surface area contributed by atoms with Crippen molar-refractivity contribution in [3.8, 4) is 11.5 Å². The van der Waals surface area contributed by atoms with Gasteiger partial charge in [0.05, 0.1) is 27.8 Å². The van der Waals surface area contributed by atoms with Crippen LogP contribution in [-0.2, 0) is 6.61 Å². The maximum absolute atomic E-state index is 11.9. The molecule has 0 saturated heterocycles. The van der Waals surface area contributed by atoms with Crippen molar-refractivity contribution >= 4 is 57.1 Å².